The molecule has 6 nitrogen and oxygen atoms in total. The molecular weight excluding hydrogens is 350 g/mol. The number of carbonyl (C=O) groups is 1. The summed E-state index contributed by atoms with van der Waals surface area (Å²) >= 11 is 4.71. The molecule has 0 radical (unpaired) electrons. The normalized spacial score (nSPS) is 25.7. The standard InChI is InChI=1S/C19H25N3O3S/c1-12-8-13(14-6-7-20-10-15(14)21-11-26)9-16(19(12,5)24)22-17(23)25-18(2,3)4/h6-8,10,12,16,24H,9H2,1-5H3,(H,22,23)/t12-,16+,19-/m0/s1. The third-order valence-corrected chi connectivity index (χ3v) is 4.60. The molecule has 0 bridgehead atoms. The molecule has 140 valence electrons. The van der Waals surface area contributed by atoms with Crippen LogP contribution in [0.3, 0.4) is 0 Å². The van der Waals surface area contributed by atoms with Gasteiger partial charge in [0.2, 0.25) is 0 Å². The van der Waals surface area contributed by atoms with Crippen LogP contribution in [0.25, 0.3) is 5.57 Å². The zero-order valence-electron chi connectivity index (χ0n) is 15.7. The number of rotatable bonds is 3. The molecule has 0 aromatic carbocycles. The van der Waals surface area contributed by atoms with Gasteiger partial charge in [0.15, 0.2) is 0 Å². The monoisotopic (exact) mass is 375 g/mol. The van der Waals surface area contributed by atoms with Gasteiger partial charge >= 0.3 is 6.09 Å². The van der Waals surface area contributed by atoms with Crippen molar-refractivity contribution in [2.75, 3.05) is 0 Å². The quantitative estimate of drug-likeness (QED) is 0.619. The number of nitrogens with one attached hydrogen (secondary N) is 1. The molecule has 1 aliphatic rings. The van der Waals surface area contributed by atoms with Gasteiger partial charge in [-0.05, 0) is 58.0 Å². The lowest BCUT2D eigenvalue weighted by atomic mass is 9.74. The van der Waals surface area contributed by atoms with Crippen molar-refractivity contribution in [3.05, 3.63) is 30.1 Å². The van der Waals surface area contributed by atoms with Crippen LogP contribution in [0, 0.1) is 5.92 Å². The van der Waals surface area contributed by atoms with Gasteiger partial charge in [-0.25, -0.2) is 4.79 Å². The topological polar surface area (TPSA) is 83.8 Å². The maximum atomic E-state index is 12.2. The smallest absolute Gasteiger partial charge is 0.407 e. The van der Waals surface area contributed by atoms with Crippen LogP contribution in [0.1, 0.15) is 46.6 Å². The molecule has 1 aliphatic carbocycles. The minimum absolute atomic E-state index is 0.191. The van der Waals surface area contributed by atoms with E-state index in [9.17, 15) is 9.90 Å². The van der Waals surface area contributed by atoms with Gasteiger partial charge in [0.05, 0.1) is 28.7 Å². The molecule has 1 heterocycles. The first kappa shape index (κ1) is 20.2. The summed E-state index contributed by atoms with van der Waals surface area (Å²) in [6, 6.07) is 1.33. The molecule has 0 unspecified atom stereocenters. The van der Waals surface area contributed by atoms with Crippen molar-refractivity contribution in [2.45, 2.75) is 58.3 Å². The second-order valence-electron chi connectivity index (χ2n) is 7.71. The average molecular weight is 375 g/mol. The molecule has 2 N–H and O–H groups in total. The molecule has 0 saturated heterocycles. The van der Waals surface area contributed by atoms with Crippen LogP contribution in [0.4, 0.5) is 10.5 Å². The fourth-order valence-corrected chi connectivity index (χ4v) is 3.02. The van der Waals surface area contributed by atoms with E-state index >= 15 is 0 Å². The summed E-state index contributed by atoms with van der Waals surface area (Å²) in [6.45, 7) is 9.02. The first-order valence-electron chi connectivity index (χ1n) is 8.49. The number of ether oxygens (including phenoxy) is 1. The molecule has 26 heavy (non-hydrogen) atoms. The van der Waals surface area contributed by atoms with E-state index in [1.54, 1.807) is 40.1 Å². The van der Waals surface area contributed by atoms with Gasteiger partial charge in [-0.15, -0.1) is 0 Å². The Morgan fingerprint density at radius 3 is 2.85 bits per heavy atom. The molecule has 2 rings (SSSR count). The van der Waals surface area contributed by atoms with Crippen LogP contribution in [0.5, 0.6) is 0 Å². The number of hydrogen-bond donors (Lipinski definition) is 2. The van der Waals surface area contributed by atoms with Gasteiger partial charge in [0.25, 0.3) is 0 Å². The molecular formula is C19H25N3O3S. The van der Waals surface area contributed by atoms with Gasteiger partial charge in [-0.1, -0.05) is 13.0 Å². The molecule has 1 aromatic rings. The third kappa shape index (κ3) is 4.75. The van der Waals surface area contributed by atoms with Crippen molar-refractivity contribution < 1.29 is 14.6 Å². The van der Waals surface area contributed by atoms with E-state index in [0.717, 1.165) is 11.1 Å². The zero-order chi connectivity index (χ0) is 19.5. The largest absolute Gasteiger partial charge is 0.444 e. The fraction of sp³-hybridized carbons (Fsp3) is 0.526. The van der Waals surface area contributed by atoms with E-state index in [4.69, 9.17) is 17.0 Å². The third-order valence-electron chi connectivity index (χ3n) is 4.51. The summed E-state index contributed by atoms with van der Waals surface area (Å²) in [4.78, 5) is 20.4. The highest BCUT2D eigenvalue weighted by atomic mass is 32.1. The summed E-state index contributed by atoms with van der Waals surface area (Å²) in [7, 11) is 0. The van der Waals surface area contributed by atoms with Gasteiger partial charge in [-0.3, -0.25) is 4.98 Å². The molecule has 1 aromatic heterocycles. The molecule has 1 amide bonds. The number of thiocarbonyl (C=S) groups is 1. The summed E-state index contributed by atoms with van der Waals surface area (Å²) in [5.74, 6) is -0.191. The lowest BCUT2D eigenvalue weighted by Crippen LogP contribution is -2.56. The van der Waals surface area contributed by atoms with E-state index in [-0.39, 0.29) is 5.92 Å². The lowest BCUT2D eigenvalue weighted by molar-refractivity contribution is -0.0213. The highest BCUT2D eigenvalue weighted by Gasteiger charge is 2.42. The van der Waals surface area contributed by atoms with Gasteiger partial charge in [0, 0.05) is 17.7 Å². The molecule has 0 aliphatic heterocycles. The second kappa shape index (κ2) is 7.66. The predicted octanol–water partition coefficient (Wildman–Crippen LogP) is 3.88. The van der Waals surface area contributed by atoms with E-state index < -0.39 is 23.3 Å². The Hall–Kier alpha value is -2.08. The van der Waals surface area contributed by atoms with Crippen LogP contribution in [0.15, 0.2) is 29.5 Å². The van der Waals surface area contributed by atoms with Crippen LogP contribution in [-0.4, -0.2) is 38.6 Å². The molecule has 7 heteroatoms. The van der Waals surface area contributed by atoms with Crippen LogP contribution >= 0.6 is 12.2 Å². The molecule has 0 saturated carbocycles. The molecule has 0 spiro atoms. The Balaban J connectivity index is 2.32. The average Bonchev–Trinajstić information content (AvgIpc) is 2.51. The zero-order valence-corrected chi connectivity index (χ0v) is 16.6. The first-order valence-corrected chi connectivity index (χ1v) is 8.90. The number of nitrogens with zero attached hydrogens (tertiary/aromatic N) is 2. The number of aromatic nitrogens is 1. The van der Waals surface area contributed by atoms with Crippen molar-refractivity contribution in [1.82, 2.24) is 10.3 Å². The van der Waals surface area contributed by atoms with E-state index in [1.807, 2.05) is 19.1 Å². The number of carbonyl (C=O) groups excluding carboxylic acids is 1. The van der Waals surface area contributed by atoms with Crippen LogP contribution in [-0.2, 0) is 4.74 Å². The summed E-state index contributed by atoms with van der Waals surface area (Å²) in [6.07, 6.45) is 5.16. The predicted molar refractivity (Wildman–Crippen MR) is 104 cm³/mol. The number of alkyl carbamates (subject to hydrolysis) is 1. The van der Waals surface area contributed by atoms with Crippen LogP contribution < -0.4 is 5.32 Å². The van der Waals surface area contributed by atoms with E-state index in [1.165, 1.54) is 0 Å². The van der Waals surface area contributed by atoms with Crippen molar-refractivity contribution in [3.63, 3.8) is 0 Å². The Kier molecular flexibility index (Phi) is 5.96. The number of aliphatic imine (C=N–C) groups is 1. The SMILES string of the molecule is C[C@H]1C=C(c2ccncc2N=C=S)C[C@@H](NC(=O)OC(C)(C)C)[C@@]1(C)O. The van der Waals surface area contributed by atoms with Crippen molar-refractivity contribution >= 4 is 34.7 Å². The fourth-order valence-electron chi connectivity index (χ4n) is 2.93. The van der Waals surface area contributed by atoms with E-state index in [2.05, 4.69) is 20.5 Å². The molecule has 0 fully saturated rings. The Morgan fingerprint density at radius 2 is 2.23 bits per heavy atom. The van der Waals surface area contributed by atoms with Gasteiger partial charge in [0.1, 0.15) is 5.60 Å². The minimum Gasteiger partial charge on any atom is -0.444 e. The maximum absolute atomic E-state index is 12.2. The van der Waals surface area contributed by atoms with Gasteiger partial charge in [-0.2, -0.15) is 4.99 Å². The van der Waals surface area contributed by atoms with Crippen molar-refractivity contribution in [2.24, 2.45) is 10.9 Å². The van der Waals surface area contributed by atoms with Gasteiger partial charge < -0.3 is 15.2 Å². The number of aliphatic hydroxyl groups is 1. The number of isothiocyanates is 1. The summed E-state index contributed by atoms with van der Waals surface area (Å²) < 4.78 is 5.34. The molecule has 3 atom stereocenters. The number of hydrogen-bond acceptors (Lipinski definition) is 6. The first-order chi connectivity index (χ1) is 12.0. The minimum atomic E-state index is -1.11. The number of pyridine rings is 1. The van der Waals surface area contributed by atoms with Crippen LogP contribution in [0.2, 0.25) is 0 Å². The second-order valence-corrected chi connectivity index (χ2v) is 7.89. The Morgan fingerprint density at radius 1 is 1.54 bits per heavy atom. The Labute approximate surface area is 159 Å². The summed E-state index contributed by atoms with van der Waals surface area (Å²) in [5, 5.41) is 16.1. The Bertz CT molecular complexity index is 762. The number of amides is 1. The van der Waals surface area contributed by atoms with E-state index in [0.29, 0.717) is 12.1 Å². The van der Waals surface area contributed by atoms with Crippen molar-refractivity contribution in [1.29, 1.82) is 0 Å². The maximum Gasteiger partial charge on any atom is 0.407 e. The lowest BCUT2D eigenvalue weighted by Gasteiger charge is -2.41. The highest BCUT2D eigenvalue weighted by molar-refractivity contribution is 7.78. The van der Waals surface area contributed by atoms with Crippen molar-refractivity contribution in [3.8, 4) is 0 Å². The highest BCUT2D eigenvalue weighted by Crippen LogP contribution is 2.39. The summed E-state index contributed by atoms with van der Waals surface area (Å²) in [5.41, 5.74) is 0.702.